The number of isocyanates is 1. The minimum atomic E-state index is -0.426. The largest absolute Gasteiger partial charge is 0.492 e. The summed E-state index contributed by atoms with van der Waals surface area (Å²) in [6.07, 6.45) is 8.30. The summed E-state index contributed by atoms with van der Waals surface area (Å²) in [6, 6.07) is 6.02. The van der Waals surface area contributed by atoms with E-state index in [1.165, 1.54) is 12.8 Å². The van der Waals surface area contributed by atoms with Crippen LogP contribution in [0.5, 0.6) is 5.75 Å². The van der Waals surface area contributed by atoms with E-state index in [1.807, 2.05) is 18.2 Å². The van der Waals surface area contributed by atoms with Gasteiger partial charge in [0, 0.05) is 5.56 Å². The average molecular weight is 336 g/mol. The molecule has 1 aromatic rings. The van der Waals surface area contributed by atoms with E-state index in [4.69, 9.17) is 4.74 Å². The molecule has 2 aliphatic rings. The summed E-state index contributed by atoms with van der Waals surface area (Å²) in [7, 11) is 0. The van der Waals surface area contributed by atoms with Crippen molar-refractivity contribution in [2.75, 3.05) is 6.61 Å². The van der Waals surface area contributed by atoms with Crippen LogP contribution >= 0.6 is 15.9 Å². The number of halogens is 1. The molecule has 0 aliphatic heterocycles. The second kappa shape index (κ2) is 5.71. The molecule has 0 spiro atoms. The first-order chi connectivity index (χ1) is 9.75. The summed E-state index contributed by atoms with van der Waals surface area (Å²) in [6.45, 7) is 0.760. The molecule has 0 bridgehead atoms. The van der Waals surface area contributed by atoms with Gasteiger partial charge in [0.25, 0.3) is 0 Å². The van der Waals surface area contributed by atoms with Crippen LogP contribution in [0.3, 0.4) is 0 Å². The number of para-hydroxylation sites is 1. The Bertz CT molecular complexity index is 541. The zero-order chi connectivity index (χ0) is 14.0. The molecule has 0 saturated heterocycles. The van der Waals surface area contributed by atoms with Crippen LogP contribution in [0, 0.1) is 5.92 Å². The van der Waals surface area contributed by atoms with Crippen LogP contribution in [0.2, 0.25) is 0 Å². The third-order valence-electron chi connectivity index (χ3n) is 4.32. The number of aliphatic imine (C=N–C) groups is 1. The van der Waals surface area contributed by atoms with Crippen molar-refractivity contribution in [1.29, 1.82) is 0 Å². The van der Waals surface area contributed by atoms with Crippen molar-refractivity contribution in [3.05, 3.63) is 28.2 Å². The fraction of sp³-hybridized carbons (Fsp3) is 0.562. The monoisotopic (exact) mass is 335 g/mol. The van der Waals surface area contributed by atoms with Crippen molar-refractivity contribution in [1.82, 2.24) is 0 Å². The normalized spacial score (nSPS) is 20.4. The van der Waals surface area contributed by atoms with E-state index in [1.54, 1.807) is 6.08 Å². The molecular formula is C16H18BrNO2. The molecule has 0 radical (unpaired) electrons. The first-order valence-corrected chi connectivity index (χ1v) is 8.05. The predicted octanol–water partition coefficient (Wildman–Crippen LogP) is 4.34. The molecule has 0 N–H and O–H groups in total. The molecule has 0 atom stereocenters. The van der Waals surface area contributed by atoms with Gasteiger partial charge in [0.15, 0.2) is 0 Å². The maximum atomic E-state index is 10.9. The molecule has 106 valence electrons. The van der Waals surface area contributed by atoms with Crippen molar-refractivity contribution < 1.29 is 9.53 Å². The lowest BCUT2D eigenvalue weighted by Crippen LogP contribution is -2.20. The summed E-state index contributed by atoms with van der Waals surface area (Å²) >= 11 is 3.57. The van der Waals surface area contributed by atoms with E-state index in [0.717, 1.165) is 48.1 Å². The van der Waals surface area contributed by atoms with Crippen LogP contribution in [0.25, 0.3) is 0 Å². The molecule has 0 unspecified atom stereocenters. The van der Waals surface area contributed by atoms with Gasteiger partial charge in [-0.15, -0.1) is 0 Å². The Hall–Kier alpha value is -1.12. The number of carbonyl (C=O) groups excluding carboxylic acids is 1. The standard InChI is InChI=1S/C16H18BrNO2/c17-14-5-3-4-13(15(14)20-10-12-6-7-12)16(18-11-19)8-1-2-9-16/h3-5,12H,1-2,6-10H2. The van der Waals surface area contributed by atoms with Gasteiger partial charge in [-0.25, -0.2) is 4.79 Å². The van der Waals surface area contributed by atoms with Gasteiger partial charge < -0.3 is 4.74 Å². The van der Waals surface area contributed by atoms with E-state index in [-0.39, 0.29) is 0 Å². The third kappa shape index (κ3) is 2.68. The summed E-state index contributed by atoms with van der Waals surface area (Å²) in [4.78, 5) is 15.0. The molecular weight excluding hydrogens is 318 g/mol. The Labute approximate surface area is 127 Å². The Balaban J connectivity index is 1.97. The van der Waals surface area contributed by atoms with Gasteiger partial charge in [-0.2, -0.15) is 4.99 Å². The summed E-state index contributed by atoms with van der Waals surface area (Å²) < 4.78 is 6.99. The highest BCUT2D eigenvalue weighted by Gasteiger charge is 2.38. The summed E-state index contributed by atoms with van der Waals surface area (Å²) in [5.74, 6) is 1.56. The Morgan fingerprint density at radius 3 is 2.75 bits per heavy atom. The second-order valence-corrected chi connectivity index (χ2v) is 6.67. The van der Waals surface area contributed by atoms with Crippen LogP contribution in [-0.4, -0.2) is 12.7 Å². The lowest BCUT2D eigenvalue weighted by atomic mass is 9.88. The van der Waals surface area contributed by atoms with Crippen molar-refractivity contribution in [2.24, 2.45) is 10.9 Å². The fourth-order valence-corrected chi connectivity index (χ4v) is 3.48. The van der Waals surface area contributed by atoms with Crippen molar-refractivity contribution in [2.45, 2.75) is 44.1 Å². The average Bonchev–Trinajstić information content (AvgIpc) is 3.16. The van der Waals surface area contributed by atoms with Crippen molar-refractivity contribution in [3.8, 4) is 5.75 Å². The van der Waals surface area contributed by atoms with E-state index in [2.05, 4.69) is 20.9 Å². The van der Waals surface area contributed by atoms with Gasteiger partial charge in [-0.05, 0) is 53.6 Å². The smallest absolute Gasteiger partial charge is 0.235 e. The van der Waals surface area contributed by atoms with Gasteiger partial charge in [0.1, 0.15) is 11.3 Å². The van der Waals surface area contributed by atoms with Crippen LogP contribution < -0.4 is 4.74 Å². The lowest BCUT2D eigenvalue weighted by Gasteiger charge is -2.26. The molecule has 0 amide bonds. The van der Waals surface area contributed by atoms with Crippen LogP contribution in [0.4, 0.5) is 0 Å². The predicted molar refractivity (Wildman–Crippen MR) is 80.6 cm³/mol. The lowest BCUT2D eigenvalue weighted by molar-refractivity contribution is 0.286. The molecule has 3 rings (SSSR count). The molecule has 0 heterocycles. The molecule has 2 aliphatic carbocycles. The third-order valence-corrected chi connectivity index (χ3v) is 4.94. The fourth-order valence-electron chi connectivity index (χ4n) is 3.00. The number of benzene rings is 1. The highest BCUT2D eigenvalue weighted by Crippen LogP contribution is 2.47. The van der Waals surface area contributed by atoms with Gasteiger partial charge >= 0.3 is 0 Å². The van der Waals surface area contributed by atoms with Gasteiger partial charge in [-0.3, -0.25) is 0 Å². The number of nitrogens with zero attached hydrogens (tertiary/aromatic N) is 1. The minimum absolute atomic E-state index is 0.426. The second-order valence-electron chi connectivity index (χ2n) is 5.81. The van der Waals surface area contributed by atoms with Gasteiger partial charge in [0.2, 0.25) is 6.08 Å². The molecule has 0 aromatic heterocycles. The molecule has 2 fully saturated rings. The Kier molecular flexibility index (Phi) is 3.95. The summed E-state index contributed by atoms with van der Waals surface area (Å²) in [5.41, 5.74) is 0.609. The minimum Gasteiger partial charge on any atom is -0.492 e. The maximum Gasteiger partial charge on any atom is 0.235 e. The van der Waals surface area contributed by atoms with E-state index in [9.17, 15) is 4.79 Å². The zero-order valence-corrected chi connectivity index (χ0v) is 13.0. The highest BCUT2D eigenvalue weighted by molar-refractivity contribution is 9.10. The van der Waals surface area contributed by atoms with Crippen molar-refractivity contribution >= 4 is 22.0 Å². The summed E-state index contributed by atoms with van der Waals surface area (Å²) in [5, 5.41) is 0. The zero-order valence-electron chi connectivity index (χ0n) is 11.4. The molecule has 3 nitrogen and oxygen atoms in total. The highest BCUT2D eigenvalue weighted by atomic mass is 79.9. The number of rotatable bonds is 5. The SMILES string of the molecule is O=C=NC1(c2cccc(Br)c2OCC2CC2)CCCC1. The topological polar surface area (TPSA) is 38.7 Å². The quantitative estimate of drug-likeness (QED) is 0.592. The van der Waals surface area contributed by atoms with E-state index in [0.29, 0.717) is 5.92 Å². The molecule has 20 heavy (non-hydrogen) atoms. The Morgan fingerprint density at radius 2 is 2.10 bits per heavy atom. The number of hydrogen-bond acceptors (Lipinski definition) is 3. The van der Waals surface area contributed by atoms with Crippen LogP contribution in [-0.2, 0) is 10.3 Å². The maximum absolute atomic E-state index is 10.9. The van der Waals surface area contributed by atoms with Crippen LogP contribution in [0.15, 0.2) is 27.7 Å². The molecule has 4 heteroatoms. The Morgan fingerprint density at radius 1 is 1.35 bits per heavy atom. The number of hydrogen-bond donors (Lipinski definition) is 0. The van der Waals surface area contributed by atoms with Crippen molar-refractivity contribution in [3.63, 3.8) is 0 Å². The van der Waals surface area contributed by atoms with Gasteiger partial charge in [-0.1, -0.05) is 25.0 Å². The van der Waals surface area contributed by atoms with Gasteiger partial charge in [0.05, 0.1) is 11.1 Å². The molecule has 2 saturated carbocycles. The first-order valence-electron chi connectivity index (χ1n) is 7.26. The number of ether oxygens (including phenoxy) is 1. The van der Waals surface area contributed by atoms with E-state index >= 15 is 0 Å². The van der Waals surface area contributed by atoms with Crippen LogP contribution in [0.1, 0.15) is 44.1 Å². The molecule has 1 aromatic carbocycles. The van der Waals surface area contributed by atoms with E-state index < -0.39 is 5.54 Å². The first kappa shape index (κ1) is 13.8.